The smallest absolute Gasteiger partial charge is 0.407 e. The number of aryl methyl sites for hydroxylation is 1. The number of halogens is 2. The Hall–Kier alpha value is -2.58. The maximum atomic E-state index is 14.0. The lowest BCUT2D eigenvalue weighted by atomic mass is 9.96. The van der Waals surface area contributed by atoms with Crippen molar-refractivity contribution in [1.29, 1.82) is 0 Å². The van der Waals surface area contributed by atoms with Crippen LogP contribution in [0.2, 0.25) is 5.15 Å². The minimum atomic E-state index is -1.01. The molecule has 0 saturated carbocycles. The summed E-state index contributed by atoms with van der Waals surface area (Å²) in [5.74, 6) is -0.373. The van der Waals surface area contributed by atoms with Crippen molar-refractivity contribution < 1.29 is 14.3 Å². The van der Waals surface area contributed by atoms with E-state index in [1.165, 1.54) is 28.8 Å². The molecule has 9 heteroatoms. The summed E-state index contributed by atoms with van der Waals surface area (Å²) >= 11 is 7.28. The van der Waals surface area contributed by atoms with Crippen molar-refractivity contribution in [3.63, 3.8) is 0 Å². The Labute approximate surface area is 190 Å². The molecule has 1 amide bonds. The van der Waals surface area contributed by atoms with Crippen LogP contribution in [0.5, 0.6) is 0 Å². The molecule has 1 N–H and O–H groups in total. The van der Waals surface area contributed by atoms with Gasteiger partial charge in [0.15, 0.2) is 0 Å². The van der Waals surface area contributed by atoms with Gasteiger partial charge in [0.2, 0.25) is 0 Å². The highest BCUT2D eigenvalue weighted by Gasteiger charge is 2.23. The van der Waals surface area contributed by atoms with Crippen LogP contribution in [0.25, 0.3) is 5.69 Å². The Morgan fingerprint density at radius 1 is 1.26 bits per heavy atom. The Morgan fingerprint density at radius 3 is 2.61 bits per heavy atom. The number of rotatable bonds is 6. The first-order chi connectivity index (χ1) is 14.5. The van der Waals surface area contributed by atoms with Crippen molar-refractivity contribution in [3.05, 3.63) is 64.8 Å². The quantitative estimate of drug-likeness (QED) is 0.452. The number of pyridine rings is 1. The van der Waals surface area contributed by atoms with E-state index in [1.807, 2.05) is 39.8 Å². The van der Waals surface area contributed by atoms with Crippen LogP contribution in [0.15, 0.2) is 52.5 Å². The number of hydrogen-bond acceptors (Lipinski definition) is 4. The molecule has 0 unspecified atom stereocenters. The Morgan fingerprint density at radius 2 is 2.00 bits per heavy atom. The second-order valence-corrected chi connectivity index (χ2v) is 9.92. The molecule has 6 nitrogen and oxygen atoms in total. The number of benzene rings is 1. The van der Waals surface area contributed by atoms with Gasteiger partial charge in [-0.2, -0.15) is 5.10 Å². The lowest BCUT2D eigenvalue weighted by molar-refractivity contribution is 0.122. The molecule has 0 saturated heterocycles. The SMILES string of the molecule is Cc1ccc(F)cc1-n1nc(CN(CC(C)(C)C)C(=O)O)cc1Sc1ccc(Cl)nc1. The molecule has 0 fully saturated rings. The zero-order valence-corrected chi connectivity index (χ0v) is 19.3. The van der Waals surface area contributed by atoms with Gasteiger partial charge in [-0.1, -0.05) is 50.2 Å². The third kappa shape index (κ3) is 6.21. The molecule has 2 aromatic heterocycles. The van der Waals surface area contributed by atoms with Gasteiger partial charge in [0.25, 0.3) is 0 Å². The number of hydrogen-bond donors (Lipinski definition) is 1. The number of amides is 1. The molecule has 0 aliphatic carbocycles. The molecule has 1 aromatic carbocycles. The number of nitrogens with zero attached hydrogens (tertiary/aromatic N) is 4. The fourth-order valence-electron chi connectivity index (χ4n) is 3.05. The lowest BCUT2D eigenvalue weighted by Gasteiger charge is -2.27. The van der Waals surface area contributed by atoms with Crippen molar-refractivity contribution >= 4 is 29.5 Å². The topological polar surface area (TPSA) is 71.2 Å². The summed E-state index contributed by atoms with van der Waals surface area (Å²) in [6.07, 6.45) is 0.633. The van der Waals surface area contributed by atoms with E-state index < -0.39 is 6.09 Å². The first-order valence-electron chi connectivity index (χ1n) is 9.64. The highest BCUT2D eigenvalue weighted by Crippen LogP contribution is 2.32. The molecule has 3 rings (SSSR count). The molecular formula is C22H24ClFN4O2S. The maximum Gasteiger partial charge on any atom is 0.407 e. The monoisotopic (exact) mass is 462 g/mol. The van der Waals surface area contributed by atoms with E-state index in [2.05, 4.69) is 10.1 Å². The van der Waals surface area contributed by atoms with E-state index in [4.69, 9.17) is 11.6 Å². The maximum absolute atomic E-state index is 14.0. The molecule has 2 heterocycles. The molecule has 0 bridgehead atoms. The first-order valence-corrected chi connectivity index (χ1v) is 10.8. The molecule has 0 aliphatic rings. The minimum absolute atomic E-state index is 0.125. The average Bonchev–Trinajstić information content (AvgIpc) is 3.06. The van der Waals surface area contributed by atoms with Crippen molar-refractivity contribution in [2.45, 2.75) is 44.2 Å². The van der Waals surface area contributed by atoms with E-state index in [1.54, 1.807) is 23.0 Å². The van der Waals surface area contributed by atoms with Crippen molar-refractivity contribution in [2.24, 2.45) is 5.41 Å². The van der Waals surface area contributed by atoms with Crippen LogP contribution in [0, 0.1) is 18.2 Å². The zero-order chi connectivity index (χ0) is 22.8. The largest absolute Gasteiger partial charge is 0.465 e. The van der Waals surface area contributed by atoms with Gasteiger partial charge < -0.3 is 10.0 Å². The Balaban J connectivity index is 2.01. The molecule has 0 atom stereocenters. The Bertz CT molecular complexity index is 1080. The van der Waals surface area contributed by atoms with Crippen LogP contribution in [-0.2, 0) is 6.54 Å². The highest BCUT2D eigenvalue weighted by atomic mass is 35.5. The van der Waals surface area contributed by atoms with Gasteiger partial charge in [0, 0.05) is 17.6 Å². The van der Waals surface area contributed by atoms with Crippen molar-refractivity contribution in [3.8, 4) is 5.69 Å². The van der Waals surface area contributed by atoms with Crippen LogP contribution in [0.4, 0.5) is 9.18 Å². The predicted octanol–water partition coefficient (Wildman–Crippen LogP) is 6.05. The normalized spacial score (nSPS) is 11.5. The van der Waals surface area contributed by atoms with Crippen LogP contribution >= 0.6 is 23.4 Å². The summed E-state index contributed by atoms with van der Waals surface area (Å²) in [7, 11) is 0. The molecular weight excluding hydrogens is 439 g/mol. The van der Waals surface area contributed by atoms with E-state index in [-0.39, 0.29) is 17.8 Å². The fourth-order valence-corrected chi connectivity index (χ4v) is 4.06. The van der Waals surface area contributed by atoms with Gasteiger partial charge in [0.1, 0.15) is 16.0 Å². The first kappa shape index (κ1) is 23.1. The van der Waals surface area contributed by atoms with Crippen LogP contribution < -0.4 is 0 Å². The average molecular weight is 463 g/mol. The third-order valence-corrected chi connectivity index (χ3v) is 5.54. The second kappa shape index (κ2) is 9.28. The lowest BCUT2D eigenvalue weighted by Crippen LogP contribution is -2.36. The standard InChI is InChI=1S/C22H24ClFN4O2S/c1-14-5-6-15(24)9-18(14)28-20(31-17-7-8-19(23)25-11-17)10-16(26-28)12-27(21(29)30)13-22(2,3)4/h5-11H,12-13H2,1-4H3,(H,29,30). The van der Waals surface area contributed by atoms with Gasteiger partial charge in [-0.3, -0.25) is 0 Å². The molecule has 0 spiro atoms. The fraction of sp³-hybridized carbons (Fsp3) is 0.318. The van der Waals surface area contributed by atoms with Crippen molar-refractivity contribution in [2.75, 3.05) is 6.54 Å². The predicted molar refractivity (Wildman–Crippen MR) is 120 cm³/mol. The number of carbonyl (C=O) groups is 1. The van der Waals surface area contributed by atoms with E-state index in [0.717, 1.165) is 10.5 Å². The van der Waals surface area contributed by atoms with E-state index in [9.17, 15) is 14.3 Å². The van der Waals surface area contributed by atoms with Crippen LogP contribution in [0.3, 0.4) is 0 Å². The molecule has 31 heavy (non-hydrogen) atoms. The van der Waals surface area contributed by atoms with Crippen LogP contribution in [-0.4, -0.2) is 37.4 Å². The molecule has 3 aromatic rings. The minimum Gasteiger partial charge on any atom is -0.465 e. The highest BCUT2D eigenvalue weighted by molar-refractivity contribution is 7.99. The molecule has 0 radical (unpaired) electrons. The summed E-state index contributed by atoms with van der Waals surface area (Å²) < 4.78 is 15.6. The van der Waals surface area contributed by atoms with E-state index in [0.29, 0.717) is 28.1 Å². The second-order valence-electron chi connectivity index (χ2n) is 8.43. The summed E-state index contributed by atoms with van der Waals surface area (Å²) in [6, 6.07) is 9.85. The number of aromatic nitrogens is 3. The summed E-state index contributed by atoms with van der Waals surface area (Å²) in [5.41, 5.74) is 1.80. The van der Waals surface area contributed by atoms with Gasteiger partial charge in [-0.15, -0.1) is 0 Å². The van der Waals surface area contributed by atoms with Gasteiger partial charge in [-0.05, 0) is 48.2 Å². The summed E-state index contributed by atoms with van der Waals surface area (Å²) in [6.45, 7) is 8.29. The number of carboxylic acid groups (broad SMARTS) is 1. The van der Waals surface area contributed by atoms with Crippen LogP contribution in [0.1, 0.15) is 32.0 Å². The van der Waals surface area contributed by atoms with Gasteiger partial charge in [-0.25, -0.2) is 18.9 Å². The summed E-state index contributed by atoms with van der Waals surface area (Å²) in [4.78, 5) is 18.0. The van der Waals surface area contributed by atoms with Gasteiger partial charge >= 0.3 is 6.09 Å². The van der Waals surface area contributed by atoms with Gasteiger partial charge in [0.05, 0.1) is 17.9 Å². The Kier molecular flexibility index (Phi) is 6.91. The van der Waals surface area contributed by atoms with Crippen molar-refractivity contribution in [1.82, 2.24) is 19.7 Å². The third-order valence-electron chi connectivity index (χ3n) is 4.34. The molecule has 164 valence electrons. The summed E-state index contributed by atoms with van der Waals surface area (Å²) in [5, 5.41) is 15.4. The van der Waals surface area contributed by atoms with E-state index >= 15 is 0 Å². The zero-order valence-electron chi connectivity index (χ0n) is 17.8. The molecule has 0 aliphatic heterocycles.